The minimum Gasteiger partial charge on any atom is -0.370 e. The Bertz CT molecular complexity index is 290. The summed E-state index contributed by atoms with van der Waals surface area (Å²) in [6.07, 6.45) is 3.55. The zero-order chi connectivity index (χ0) is 12.5. The van der Waals surface area contributed by atoms with Crippen LogP contribution in [0.15, 0.2) is 4.99 Å². The average molecular weight is 238 g/mol. The van der Waals surface area contributed by atoms with Crippen molar-refractivity contribution in [1.82, 2.24) is 9.80 Å². The van der Waals surface area contributed by atoms with Crippen molar-refractivity contribution in [3.8, 4) is 0 Å². The Morgan fingerprint density at radius 1 is 1.35 bits per heavy atom. The topological polar surface area (TPSA) is 44.9 Å². The zero-order valence-electron chi connectivity index (χ0n) is 11.4. The lowest BCUT2D eigenvalue weighted by Gasteiger charge is -2.46. The largest absolute Gasteiger partial charge is 0.370 e. The van der Waals surface area contributed by atoms with Gasteiger partial charge in [-0.1, -0.05) is 6.92 Å². The third-order valence-corrected chi connectivity index (χ3v) is 4.29. The second-order valence-electron chi connectivity index (χ2n) is 5.68. The summed E-state index contributed by atoms with van der Waals surface area (Å²) in [5.74, 6) is 0.768. The van der Waals surface area contributed by atoms with Gasteiger partial charge in [0.1, 0.15) is 0 Å². The number of aliphatic imine (C=N–C) groups is 1. The molecule has 0 aromatic rings. The van der Waals surface area contributed by atoms with Gasteiger partial charge in [-0.3, -0.25) is 4.99 Å². The van der Waals surface area contributed by atoms with Crippen LogP contribution in [0.25, 0.3) is 0 Å². The fourth-order valence-corrected chi connectivity index (χ4v) is 3.10. The van der Waals surface area contributed by atoms with Gasteiger partial charge in [-0.2, -0.15) is 0 Å². The first kappa shape index (κ1) is 12.7. The van der Waals surface area contributed by atoms with Gasteiger partial charge in [-0.05, 0) is 33.1 Å². The van der Waals surface area contributed by atoms with E-state index in [1.807, 2.05) is 0 Å². The lowest BCUT2D eigenvalue weighted by atomic mass is 9.86. The van der Waals surface area contributed by atoms with Crippen LogP contribution in [-0.4, -0.2) is 53.5 Å². The fourth-order valence-electron chi connectivity index (χ4n) is 3.10. The lowest BCUT2D eigenvalue weighted by molar-refractivity contribution is 0.0699. The molecule has 2 aliphatic rings. The van der Waals surface area contributed by atoms with Crippen LogP contribution in [0.3, 0.4) is 0 Å². The van der Waals surface area contributed by atoms with Crippen molar-refractivity contribution in [3.05, 3.63) is 0 Å². The molecule has 0 bridgehead atoms. The standard InChI is InChI=1S/C13H26N4/c1-4-7-17-12(14)15-10-13(17)5-8-16(9-6-13)11(2)3/h11H,4-10H2,1-3H3,(H2,14,15). The van der Waals surface area contributed by atoms with Crippen LogP contribution in [0.5, 0.6) is 0 Å². The van der Waals surface area contributed by atoms with Crippen LogP contribution >= 0.6 is 0 Å². The van der Waals surface area contributed by atoms with Crippen LogP contribution in [0, 0.1) is 0 Å². The molecular weight excluding hydrogens is 212 g/mol. The first-order valence-corrected chi connectivity index (χ1v) is 6.91. The molecule has 0 aliphatic carbocycles. The summed E-state index contributed by atoms with van der Waals surface area (Å²) in [4.78, 5) is 9.41. The number of rotatable bonds is 3. The molecule has 0 saturated carbocycles. The summed E-state index contributed by atoms with van der Waals surface area (Å²) in [7, 11) is 0. The van der Waals surface area contributed by atoms with Gasteiger partial charge >= 0.3 is 0 Å². The molecule has 2 heterocycles. The molecule has 2 rings (SSSR count). The highest BCUT2D eigenvalue weighted by atomic mass is 15.4. The highest BCUT2D eigenvalue weighted by Gasteiger charge is 2.43. The van der Waals surface area contributed by atoms with Gasteiger partial charge in [0, 0.05) is 25.7 Å². The zero-order valence-corrected chi connectivity index (χ0v) is 11.4. The number of nitrogens with two attached hydrogens (primary N) is 1. The maximum Gasteiger partial charge on any atom is 0.191 e. The van der Waals surface area contributed by atoms with E-state index in [4.69, 9.17) is 5.73 Å². The monoisotopic (exact) mass is 238 g/mol. The summed E-state index contributed by atoms with van der Waals surface area (Å²) in [5.41, 5.74) is 6.27. The molecule has 1 saturated heterocycles. The van der Waals surface area contributed by atoms with E-state index >= 15 is 0 Å². The molecular formula is C13H26N4. The molecule has 2 aliphatic heterocycles. The Kier molecular flexibility index (Phi) is 3.61. The van der Waals surface area contributed by atoms with E-state index in [9.17, 15) is 0 Å². The molecule has 2 N–H and O–H groups in total. The number of piperidine rings is 1. The van der Waals surface area contributed by atoms with Crippen molar-refractivity contribution >= 4 is 5.96 Å². The SMILES string of the molecule is CCCN1C(N)=NCC12CCN(C(C)C)CC2. The van der Waals surface area contributed by atoms with Crippen LogP contribution in [0.4, 0.5) is 0 Å². The maximum absolute atomic E-state index is 6.03. The summed E-state index contributed by atoms with van der Waals surface area (Å²) >= 11 is 0. The normalized spacial score (nSPS) is 24.7. The molecule has 0 aromatic heterocycles. The minimum atomic E-state index is 0.242. The second-order valence-corrected chi connectivity index (χ2v) is 5.68. The van der Waals surface area contributed by atoms with Crippen LogP contribution in [0.1, 0.15) is 40.0 Å². The van der Waals surface area contributed by atoms with Gasteiger partial charge < -0.3 is 15.5 Å². The number of nitrogens with zero attached hydrogens (tertiary/aromatic N) is 3. The second kappa shape index (κ2) is 4.84. The molecule has 1 spiro atoms. The Balaban J connectivity index is 2.02. The smallest absolute Gasteiger partial charge is 0.191 e. The van der Waals surface area contributed by atoms with Gasteiger partial charge in [0.2, 0.25) is 0 Å². The highest BCUT2D eigenvalue weighted by Crippen LogP contribution is 2.33. The van der Waals surface area contributed by atoms with Crippen molar-refractivity contribution in [1.29, 1.82) is 0 Å². The van der Waals surface area contributed by atoms with Crippen LogP contribution in [-0.2, 0) is 0 Å². The lowest BCUT2D eigenvalue weighted by Crippen LogP contribution is -2.58. The van der Waals surface area contributed by atoms with Crippen molar-refractivity contribution in [2.24, 2.45) is 10.7 Å². The molecule has 1 fully saturated rings. The predicted octanol–water partition coefficient (Wildman–Crippen LogP) is 1.27. The molecule has 0 atom stereocenters. The number of hydrogen-bond donors (Lipinski definition) is 1. The first-order chi connectivity index (χ1) is 8.09. The quantitative estimate of drug-likeness (QED) is 0.805. The molecule has 4 nitrogen and oxygen atoms in total. The molecule has 4 heteroatoms. The van der Waals surface area contributed by atoms with E-state index in [-0.39, 0.29) is 5.54 Å². The van der Waals surface area contributed by atoms with E-state index in [1.54, 1.807) is 0 Å². The molecule has 0 amide bonds. The molecule has 17 heavy (non-hydrogen) atoms. The van der Waals surface area contributed by atoms with Gasteiger partial charge in [-0.15, -0.1) is 0 Å². The van der Waals surface area contributed by atoms with E-state index in [0.717, 1.165) is 25.5 Å². The Labute approximate surface area is 105 Å². The van der Waals surface area contributed by atoms with E-state index in [1.165, 1.54) is 25.9 Å². The Morgan fingerprint density at radius 2 is 2.00 bits per heavy atom. The van der Waals surface area contributed by atoms with Gasteiger partial charge in [0.25, 0.3) is 0 Å². The number of guanidine groups is 1. The summed E-state index contributed by atoms with van der Waals surface area (Å²) in [5, 5.41) is 0. The Morgan fingerprint density at radius 3 is 2.53 bits per heavy atom. The summed E-state index contributed by atoms with van der Waals surface area (Å²) in [6, 6.07) is 0.659. The molecule has 0 unspecified atom stereocenters. The average Bonchev–Trinajstić information content (AvgIpc) is 2.60. The van der Waals surface area contributed by atoms with Crippen molar-refractivity contribution in [3.63, 3.8) is 0 Å². The van der Waals surface area contributed by atoms with Crippen LogP contribution in [0.2, 0.25) is 0 Å². The fraction of sp³-hybridized carbons (Fsp3) is 0.923. The van der Waals surface area contributed by atoms with Gasteiger partial charge in [0.05, 0.1) is 12.1 Å². The van der Waals surface area contributed by atoms with E-state index < -0.39 is 0 Å². The molecule has 98 valence electrons. The maximum atomic E-state index is 6.03. The van der Waals surface area contributed by atoms with Crippen LogP contribution < -0.4 is 5.73 Å². The third-order valence-electron chi connectivity index (χ3n) is 4.29. The highest BCUT2D eigenvalue weighted by molar-refractivity contribution is 5.81. The predicted molar refractivity (Wildman–Crippen MR) is 72.2 cm³/mol. The van der Waals surface area contributed by atoms with E-state index in [0.29, 0.717) is 6.04 Å². The van der Waals surface area contributed by atoms with Crippen molar-refractivity contribution < 1.29 is 0 Å². The first-order valence-electron chi connectivity index (χ1n) is 6.91. The Hall–Kier alpha value is -0.770. The number of hydrogen-bond acceptors (Lipinski definition) is 4. The summed E-state index contributed by atoms with van der Waals surface area (Å²) in [6.45, 7) is 11.1. The third kappa shape index (κ3) is 2.28. The van der Waals surface area contributed by atoms with Crippen molar-refractivity contribution in [2.75, 3.05) is 26.2 Å². The molecule has 0 radical (unpaired) electrons. The van der Waals surface area contributed by atoms with Crippen molar-refractivity contribution in [2.45, 2.75) is 51.6 Å². The van der Waals surface area contributed by atoms with Gasteiger partial charge in [-0.25, -0.2) is 0 Å². The molecule has 0 aromatic carbocycles. The van der Waals surface area contributed by atoms with E-state index in [2.05, 4.69) is 35.6 Å². The number of likely N-dealkylation sites (tertiary alicyclic amines) is 1. The van der Waals surface area contributed by atoms with Gasteiger partial charge in [0.15, 0.2) is 5.96 Å². The summed E-state index contributed by atoms with van der Waals surface area (Å²) < 4.78 is 0. The minimum absolute atomic E-state index is 0.242.